The number of halogens is 4. The first-order chi connectivity index (χ1) is 16.9. The van der Waals surface area contributed by atoms with Crippen LogP contribution in [-0.4, -0.2) is 6.61 Å². The fourth-order valence-corrected chi connectivity index (χ4v) is 5.48. The molecule has 1 unspecified atom stereocenters. The van der Waals surface area contributed by atoms with Gasteiger partial charge >= 0.3 is 0 Å². The van der Waals surface area contributed by atoms with Crippen LogP contribution in [-0.2, 0) is 6.42 Å². The molecule has 2 aliphatic carbocycles. The first kappa shape index (κ1) is 25.5. The standard InChI is InChI=1S/C30H34F4O/c1-3-18-35-26-17-16-25(29(33)30(26)34)22-11-6-20(7-12-22)8-13-23-14-15-24(28(32)27(23)31)21-9-4-19(2)5-10-21/h3,9,14-17,19-20,22H,1,4-8,10-13,18H2,2H3. The van der Waals surface area contributed by atoms with Gasteiger partial charge in [-0.15, -0.1) is 0 Å². The van der Waals surface area contributed by atoms with Crippen LogP contribution in [0, 0.1) is 35.1 Å². The molecule has 0 radical (unpaired) electrons. The molecule has 35 heavy (non-hydrogen) atoms. The van der Waals surface area contributed by atoms with Crippen molar-refractivity contribution in [1.29, 1.82) is 0 Å². The normalized spacial score (nSPS) is 22.5. The van der Waals surface area contributed by atoms with Crippen molar-refractivity contribution in [1.82, 2.24) is 0 Å². The second kappa shape index (κ2) is 11.5. The van der Waals surface area contributed by atoms with Crippen molar-refractivity contribution in [3.63, 3.8) is 0 Å². The Kier molecular flexibility index (Phi) is 8.35. The van der Waals surface area contributed by atoms with Crippen LogP contribution in [0.15, 0.2) is 43.0 Å². The van der Waals surface area contributed by atoms with Gasteiger partial charge in [0.1, 0.15) is 6.61 Å². The summed E-state index contributed by atoms with van der Waals surface area (Å²) in [6, 6.07) is 6.55. The van der Waals surface area contributed by atoms with Crippen molar-refractivity contribution in [2.24, 2.45) is 11.8 Å². The molecule has 0 bridgehead atoms. The van der Waals surface area contributed by atoms with Crippen LogP contribution in [0.4, 0.5) is 17.6 Å². The highest BCUT2D eigenvalue weighted by atomic mass is 19.2. The van der Waals surface area contributed by atoms with E-state index in [1.807, 2.05) is 6.08 Å². The molecule has 5 heteroatoms. The van der Waals surface area contributed by atoms with E-state index in [9.17, 15) is 17.6 Å². The predicted octanol–water partition coefficient (Wildman–Crippen LogP) is 8.92. The van der Waals surface area contributed by atoms with Crippen LogP contribution in [0.2, 0.25) is 0 Å². The van der Waals surface area contributed by atoms with Gasteiger partial charge in [0.05, 0.1) is 0 Å². The van der Waals surface area contributed by atoms with Crippen molar-refractivity contribution >= 4 is 5.57 Å². The van der Waals surface area contributed by atoms with Crippen LogP contribution < -0.4 is 4.74 Å². The molecular weight excluding hydrogens is 452 g/mol. The molecule has 0 N–H and O–H groups in total. The molecule has 0 heterocycles. The first-order valence-electron chi connectivity index (χ1n) is 12.8. The zero-order chi connectivity index (χ0) is 24.9. The van der Waals surface area contributed by atoms with Crippen molar-refractivity contribution < 1.29 is 22.3 Å². The zero-order valence-corrected chi connectivity index (χ0v) is 20.4. The van der Waals surface area contributed by atoms with E-state index in [-0.39, 0.29) is 18.3 Å². The molecule has 1 saturated carbocycles. The quantitative estimate of drug-likeness (QED) is 0.267. The largest absolute Gasteiger partial charge is 0.486 e. The summed E-state index contributed by atoms with van der Waals surface area (Å²) in [5.41, 5.74) is 2.12. The molecule has 0 aromatic heterocycles. The van der Waals surface area contributed by atoms with Crippen LogP contribution in [0.3, 0.4) is 0 Å². The van der Waals surface area contributed by atoms with Crippen molar-refractivity contribution in [2.45, 2.75) is 70.6 Å². The minimum atomic E-state index is -0.953. The zero-order valence-electron chi connectivity index (χ0n) is 20.4. The fraction of sp³-hybridized carbons (Fsp3) is 0.467. The Hall–Kier alpha value is -2.56. The van der Waals surface area contributed by atoms with Crippen molar-refractivity contribution in [3.05, 3.63) is 83.0 Å². The highest BCUT2D eigenvalue weighted by Gasteiger charge is 2.27. The van der Waals surface area contributed by atoms with E-state index in [4.69, 9.17) is 4.74 Å². The lowest BCUT2D eigenvalue weighted by Gasteiger charge is -2.29. The molecule has 0 amide bonds. The molecule has 1 nitrogen and oxygen atoms in total. The van der Waals surface area contributed by atoms with Crippen molar-refractivity contribution in [2.75, 3.05) is 6.61 Å². The van der Waals surface area contributed by atoms with Gasteiger partial charge in [0.15, 0.2) is 23.2 Å². The Labute approximate surface area is 205 Å². The third-order valence-corrected chi connectivity index (χ3v) is 7.72. The van der Waals surface area contributed by atoms with E-state index >= 15 is 0 Å². The lowest BCUT2D eigenvalue weighted by atomic mass is 9.76. The number of rotatable bonds is 8. The Morgan fingerprint density at radius 1 is 0.914 bits per heavy atom. The topological polar surface area (TPSA) is 9.23 Å². The Balaban J connectivity index is 1.33. The summed E-state index contributed by atoms with van der Waals surface area (Å²) < 4.78 is 63.8. The number of hydrogen-bond acceptors (Lipinski definition) is 1. The number of aryl methyl sites for hydroxylation is 1. The lowest BCUT2D eigenvalue weighted by Crippen LogP contribution is -2.16. The van der Waals surface area contributed by atoms with Gasteiger partial charge in [-0.1, -0.05) is 43.9 Å². The molecule has 0 spiro atoms. The summed E-state index contributed by atoms with van der Waals surface area (Å²) in [5, 5.41) is 0. The Bertz CT molecular complexity index is 1080. The van der Waals surface area contributed by atoms with Gasteiger partial charge in [0.25, 0.3) is 0 Å². The average molecular weight is 487 g/mol. The first-order valence-corrected chi connectivity index (χ1v) is 12.8. The van der Waals surface area contributed by atoms with E-state index in [0.717, 1.165) is 56.9 Å². The summed E-state index contributed by atoms with van der Waals surface area (Å²) in [6.45, 7) is 5.80. The summed E-state index contributed by atoms with van der Waals surface area (Å²) >= 11 is 0. The molecule has 2 aliphatic rings. The SMILES string of the molecule is C=CCOc1ccc(C2CCC(CCc3ccc(C4=CCC(C)CC4)c(F)c3F)CC2)c(F)c1F. The van der Waals surface area contributed by atoms with Crippen LogP contribution in [0.1, 0.15) is 80.9 Å². The number of benzene rings is 2. The second-order valence-corrected chi connectivity index (χ2v) is 10.1. The molecule has 0 aliphatic heterocycles. The predicted molar refractivity (Wildman–Crippen MR) is 132 cm³/mol. The van der Waals surface area contributed by atoms with Gasteiger partial charge in [0.2, 0.25) is 5.82 Å². The third kappa shape index (κ3) is 5.82. The van der Waals surface area contributed by atoms with Gasteiger partial charge in [-0.2, -0.15) is 4.39 Å². The second-order valence-electron chi connectivity index (χ2n) is 10.1. The lowest BCUT2D eigenvalue weighted by molar-refractivity contribution is 0.299. The molecule has 1 atom stereocenters. The van der Waals surface area contributed by atoms with Gasteiger partial charge in [-0.05, 0) is 98.3 Å². The van der Waals surface area contributed by atoms with E-state index in [2.05, 4.69) is 13.5 Å². The molecule has 4 rings (SSSR count). The van der Waals surface area contributed by atoms with Crippen molar-refractivity contribution in [3.8, 4) is 5.75 Å². The average Bonchev–Trinajstić information content (AvgIpc) is 2.87. The Morgan fingerprint density at radius 2 is 1.69 bits per heavy atom. The third-order valence-electron chi connectivity index (χ3n) is 7.72. The molecule has 1 fully saturated rings. The van der Waals surface area contributed by atoms with Gasteiger partial charge in [-0.25, -0.2) is 13.2 Å². The fourth-order valence-electron chi connectivity index (χ4n) is 5.48. The van der Waals surface area contributed by atoms with E-state index in [0.29, 0.717) is 34.9 Å². The highest BCUT2D eigenvalue weighted by Crippen LogP contribution is 2.40. The number of ether oxygens (including phenoxy) is 1. The van der Waals surface area contributed by atoms with Gasteiger partial charge < -0.3 is 4.74 Å². The van der Waals surface area contributed by atoms with Crippen LogP contribution >= 0.6 is 0 Å². The van der Waals surface area contributed by atoms with Crippen LogP contribution in [0.5, 0.6) is 5.75 Å². The minimum absolute atomic E-state index is 0.0471. The molecule has 0 saturated heterocycles. The maximum atomic E-state index is 14.8. The molecule has 2 aromatic carbocycles. The van der Waals surface area contributed by atoms with E-state index in [1.165, 1.54) is 12.1 Å². The number of allylic oxidation sites excluding steroid dienone is 2. The highest BCUT2D eigenvalue weighted by molar-refractivity contribution is 5.67. The number of hydrogen-bond donors (Lipinski definition) is 0. The van der Waals surface area contributed by atoms with E-state index < -0.39 is 23.3 Å². The monoisotopic (exact) mass is 486 g/mol. The van der Waals surface area contributed by atoms with Gasteiger partial charge in [0, 0.05) is 5.56 Å². The summed E-state index contributed by atoms with van der Waals surface area (Å²) in [4.78, 5) is 0. The van der Waals surface area contributed by atoms with Gasteiger partial charge in [-0.3, -0.25) is 0 Å². The minimum Gasteiger partial charge on any atom is -0.486 e. The molecule has 2 aromatic rings. The molecular formula is C30H34F4O. The summed E-state index contributed by atoms with van der Waals surface area (Å²) in [5.74, 6) is -2.45. The maximum Gasteiger partial charge on any atom is 0.200 e. The van der Waals surface area contributed by atoms with E-state index in [1.54, 1.807) is 18.2 Å². The summed E-state index contributed by atoms with van der Waals surface area (Å²) in [7, 11) is 0. The smallest absolute Gasteiger partial charge is 0.200 e. The Morgan fingerprint density at radius 3 is 2.37 bits per heavy atom. The summed E-state index contributed by atoms with van der Waals surface area (Å²) in [6.07, 6.45) is 10.7. The molecule has 188 valence electrons. The van der Waals surface area contributed by atoms with Crippen LogP contribution in [0.25, 0.3) is 5.57 Å². The maximum absolute atomic E-state index is 14.8.